The number of piperidine rings is 1. The first kappa shape index (κ1) is 14.3. The first-order valence-electron chi connectivity index (χ1n) is 7.97. The predicted molar refractivity (Wildman–Crippen MR) is 80.5 cm³/mol. The highest BCUT2D eigenvalue weighted by Gasteiger charge is 2.43. The molecule has 1 aliphatic heterocycles. The Kier molecular flexibility index (Phi) is 3.83. The molecule has 0 spiro atoms. The van der Waals surface area contributed by atoms with Crippen molar-refractivity contribution in [3.63, 3.8) is 0 Å². The molecule has 0 radical (unpaired) electrons. The summed E-state index contributed by atoms with van der Waals surface area (Å²) in [4.78, 5) is 22.8. The average molecular weight is 289 g/mol. The summed E-state index contributed by atoms with van der Waals surface area (Å²) in [6.07, 6.45) is 9.77. The van der Waals surface area contributed by atoms with Crippen molar-refractivity contribution in [2.24, 2.45) is 0 Å². The van der Waals surface area contributed by atoms with Crippen molar-refractivity contribution < 1.29 is 9.90 Å². The number of carboxylic acids is 1. The fourth-order valence-electron chi connectivity index (χ4n) is 3.60. The summed E-state index contributed by atoms with van der Waals surface area (Å²) in [5.41, 5.74) is 1.47. The van der Waals surface area contributed by atoms with Crippen LogP contribution in [-0.2, 0) is 17.6 Å². The van der Waals surface area contributed by atoms with Crippen LogP contribution in [0.25, 0.3) is 0 Å². The Morgan fingerprint density at radius 3 is 2.81 bits per heavy atom. The molecular weight excluding hydrogens is 266 g/mol. The van der Waals surface area contributed by atoms with E-state index in [1.165, 1.54) is 18.4 Å². The predicted octanol–water partition coefficient (Wildman–Crippen LogP) is 2.58. The van der Waals surface area contributed by atoms with E-state index in [9.17, 15) is 9.90 Å². The summed E-state index contributed by atoms with van der Waals surface area (Å²) < 4.78 is 0. The summed E-state index contributed by atoms with van der Waals surface area (Å²) in [6.45, 7) is 2.60. The molecule has 114 valence electrons. The van der Waals surface area contributed by atoms with Crippen molar-refractivity contribution in [3.05, 3.63) is 17.6 Å². The molecule has 0 saturated carbocycles. The van der Waals surface area contributed by atoms with E-state index >= 15 is 0 Å². The molecule has 0 bridgehead atoms. The van der Waals surface area contributed by atoms with E-state index < -0.39 is 11.5 Å². The summed E-state index contributed by atoms with van der Waals surface area (Å²) in [6, 6.07) is 0. The van der Waals surface area contributed by atoms with E-state index in [1.807, 2.05) is 11.8 Å². The fraction of sp³-hybridized carbons (Fsp3) is 0.688. The van der Waals surface area contributed by atoms with Gasteiger partial charge in [-0.15, -0.1) is 0 Å². The minimum absolute atomic E-state index is 0.682. The third kappa shape index (κ3) is 2.49. The van der Waals surface area contributed by atoms with Crippen molar-refractivity contribution in [3.8, 4) is 0 Å². The molecular formula is C16H23N3O2. The van der Waals surface area contributed by atoms with E-state index in [1.54, 1.807) is 6.33 Å². The van der Waals surface area contributed by atoms with Gasteiger partial charge in [0.2, 0.25) is 0 Å². The standard InChI is InChI=1S/C16H23N3O2/c1-16(15(20)21)9-5-6-10-19(16)14-12-7-3-2-4-8-13(12)17-11-18-14/h11H,2-10H2,1H3,(H,20,21). The first-order chi connectivity index (χ1) is 10.1. The minimum atomic E-state index is -0.841. The maximum absolute atomic E-state index is 11.8. The third-order valence-corrected chi connectivity index (χ3v) is 4.96. The molecule has 2 heterocycles. The Morgan fingerprint density at radius 1 is 1.19 bits per heavy atom. The lowest BCUT2D eigenvalue weighted by Gasteiger charge is -2.43. The molecule has 5 nitrogen and oxygen atoms in total. The normalized spacial score (nSPS) is 26.0. The topological polar surface area (TPSA) is 66.3 Å². The quantitative estimate of drug-likeness (QED) is 0.848. The van der Waals surface area contributed by atoms with Crippen molar-refractivity contribution >= 4 is 11.8 Å². The van der Waals surface area contributed by atoms with Gasteiger partial charge in [-0.05, 0) is 51.9 Å². The lowest BCUT2D eigenvalue weighted by molar-refractivity contribution is -0.143. The number of rotatable bonds is 2. The first-order valence-corrected chi connectivity index (χ1v) is 7.97. The second-order valence-corrected chi connectivity index (χ2v) is 6.37. The van der Waals surface area contributed by atoms with Gasteiger partial charge in [0.1, 0.15) is 17.7 Å². The molecule has 1 unspecified atom stereocenters. The van der Waals surface area contributed by atoms with Gasteiger partial charge in [-0.3, -0.25) is 0 Å². The van der Waals surface area contributed by atoms with E-state index in [4.69, 9.17) is 0 Å². The Balaban J connectivity index is 2.04. The number of hydrogen-bond donors (Lipinski definition) is 1. The van der Waals surface area contributed by atoms with Crippen molar-refractivity contribution in [2.75, 3.05) is 11.4 Å². The van der Waals surface area contributed by atoms with Gasteiger partial charge in [0.05, 0.1) is 0 Å². The zero-order chi connectivity index (χ0) is 14.9. The second-order valence-electron chi connectivity index (χ2n) is 6.37. The van der Waals surface area contributed by atoms with Crippen LogP contribution in [0.15, 0.2) is 6.33 Å². The lowest BCUT2D eigenvalue weighted by Crippen LogP contribution is -2.56. The minimum Gasteiger partial charge on any atom is -0.480 e. The van der Waals surface area contributed by atoms with Gasteiger partial charge in [0, 0.05) is 17.8 Å². The highest BCUT2D eigenvalue weighted by atomic mass is 16.4. The van der Waals surface area contributed by atoms with E-state index in [2.05, 4.69) is 9.97 Å². The average Bonchev–Trinajstić information content (AvgIpc) is 2.73. The van der Waals surface area contributed by atoms with Gasteiger partial charge in [0.15, 0.2) is 0 Å². The highest BCUT2D eigenvalue weighted by Crippen LogP contribution is 2.36. The molecule has 3 rings (SSSR count). The molecule has 1 aromatic rings. The number of hydrogen-bond acceptors (Lipinski definition) is 4. The number of carbonyl (C=O) groups is 1. The van der Waals surface area contributed by atoms with Gasteiger partial charge in [-0.1, -0.05) is 6.42 Å². The highest BCUT2D eigenvalue weighted by molar-refractivity contribution is 5.83. The number of anilines is 1. The van der Waals surface area contributed by atoms with Crippen LogP contribution in [0.3, 0.4) is 0 Å². The van der Waals surface area contributed by atoms with Crippen LogP contribution in [0.4, 0.5) is 5.82 Å². The third-order valence-electron chi connectivity index (χ3n) is 4.96. The monoisotopic (exact) mass is 289 g/mol. The molecule has 2 aliphatic rings. The Labute approximate surface area is 125 Å². The summed E-state index contributed by atoms with van der Waals surface area (Å²) >= 11 is 0. The van der Waals surface area contributed by atoms with E-state index in [0.717, 1.165) is 50.2 Å². The van der Waals surface area contributed by atoms with Crippen LogP contribution in [0.5, 0.6) is 0 Å². The maximum atomic E-state index is 11.8. The summed E-state index contributed by atoms with van der Waals surface area (Å²) in [5.74, 6) is 0.120. The molecule has 1 saturated heterocycles. The van der Waals surface area contributed by atoms with E-state index in [0.29, 0.717) is 6.42 Å². The number of nitrogens with zero attached hydrogens (tertiary/aromatic N) is 3. The molecule has 1 N–H and O–H groups in total. The van der Waals surface area contributed by atoms with Crippen molar-refractivity contribution in [2.45, 2.75) is 63.8 Å². The largest absolute Gasteiger partial charge is 0.480 e. The number of fused-ring (bicyclic) bond motifs is 1. The van der Waals surface area contributed by atoms with Gasteiger partial charge in [-0.25, -0.2) is 14.8 Å². The SMILES string of the molecule is CC1(C(=O)O)CCCCN1c1ncnc2c1CCCCC2. The van der Waals surface area contributed by atoms with Crippen LogP contribution in [-0.4, -0.2) is 33.1 Å². The molecule has 21 heavy (non-hydrogen) atoms. The Bertz CT molecular complexity index is 546. The van der Waals surface area contributed by atoms with Gasteiger partial charge < -0.3 is 10.0 Å². The lowest BCUT2D eigenvalue weighted by atomic mass is 9.88. The van der Waals surface area contributed by atoms with E-state index in [-0.39, 0.29) is 0 Å². The molecule has 1 aliphatic carbocycles. The van der Waals surface area contributed by atoms with Crippen molar-refractivity contribution in [1.29, 1.82) is 0 Å². The number of aryl methyl sites for hydroxylation is 1. The Morgan fingerprint density at radius 2 is 2.00 bits per heavy atom. The molecule has 0 aromatic carbocycles. The summed E-state index contributed by atoms with van der Waals surface area (Å²) in [5, 5.41) is 9.70. The van der Waals surface area contributed by atoms with Crippen LogP contribution >= 0.6 is 0 Å². The number of aromatic nitrogens is 2. The van der Waals surface area contributed by atoms with Gasteiger partial charge >= 0.3 is 5.97 Å². The summed E-state index contributed by atoms with van der Waals surface area (Å²) in [7, 11) is 0. The number of carboxylic acid groups (broad SMARTS) is 1. The molecule has 5 heteroatoms. The molecule has 1 atom stereocenters. The van der Waals surface area contributed by atoms with Crippen LogP contribution in [0, 0.1) is 0 Å². The van der Waals surface area contributed by atoms with Crippen molar-refractivity contribution in [1.82, 2.24) is 9.97 Å². The van der Waals surface area contributed by atoms with Crippen LogP contribution in [0.2, 0.25) is 0 Å². The molecule has 1 aromatic heterocycles. The Hall–Kier alpha value is -1.65. The van der Waals surface area contributed by atoms with Crippen LogP contribution < -0.4 is 4.90 Å². The molecule has 0 amide bonds. The fourth-order valence-corrected chi connectivity index (χ4v) is 3.60. The zero-order valence-corrected chi connectivity index (χ0v) is 12.6. The number of aliphatic carboxylic acids is 1. The van der Waals surface area contributed by atoms with Gasteiger partial charge in [-0.2, -0.15) is 0 Å². The van der Waals surface area contributed by atoms with Gasteiger partial charge in [0.25, 0.3) is 0 Å². The smallest absolute Gasteiger partial charge is 0.329 e. The molecule has 1 fully saturated rings. The van der Waals surface area contributed by atoms with Crippen LogP contribution in [0.1, 0.15) is 56.7 Å². The second kappa shape index (κ2) is 5.62. The zero-order valence-electron chi connectivity index (χ0n) is 12.6. The maximum Gasteiger partial charge on any atom is 0.329 e.